The number of carbonyl (C=O) groups is 3. The molecule has 0 unspecified atom stereocenters. The molecule has 31 heavy (non-hydrogen) atoms. The smallest absolute Gasteiger partial charge is 0.303 e. The highest BCUT2D eigenvalue weighted by Crippen LogP contribution is 2.69. The number of alkyl halides is 1. The van der Waals surface area contributed by atoms with Gasteiger partial charge in [-0.15, -0.1) is 11.6 Å². The van der Waals surface area contributed by atoms with Crippen LogP contribution in [0.5, 0.6) is 0 Å². The number of ether oxygens (including phenoxy) is 1. The number of aliphatic hydroxyl groups excluding tert-OH is 1. The highest BCUT2D eigenvalue weighted by Gasteiger charge is 2.72. The van der Waals surface area contributed by atoms with Gasteiger partial charge in [-0.2, -0.15) is 0 Å². The van der Waals surface area contributed by atoms with Gasteiger partial charge in [0.2, 0.25) is 5.78 Å². The second-order valence-electron chi connectivity index (χ2n) is 10.3. The minimum Gasteiger partial charge on any atom is -0.450 e. The van der Waals surface area contributed by atoms with Gasteiger partial charge in [-0.25, -0.2) is 4.39 Å². The maximum atomic E-state index is 14.7. The van der Waals surface area contributed by atoms with E-state index in [0.717, 1.165) is 0 Å². The number of hydrogen-bond acceptors (Lipinski definition) is 5. The molecule has 170 valence electrons. The Balaban J connectivity index is 1.82. The molecule has 4 rings (SSSR count). The SMILES string of the molecule is CC(=O)O[C@]1(C(=O)CCl)[C@@H](C)C[C@H]2[C@@H]3CCC4=C(F)C(=O)C=C[C@]4(C)[C@H]3[C@@H](O)C[C@@]21C. The van der Waals surface area contributed by atoms with Crippen LogP contribution >= 0.6 is 11.6 Å². The third kappa shape index (κ3) is 2.80. The Hall–Kier alpha value is -1.53. The van der Waals surface area contributed by atoms with Crippen molar-refractivity contribution >= 4 is 29.1 Å². The van der Waals surface area contributed by atoms with E-state index in [1.165, 1.54) is 13.0 Å². The van der Waals surface area contributed by atoms with Crippen molar-refractivity contribution in [3.05, 3.63) is 23.6 Å². The highest BCUT2D eigenvalue weighted by molar-refractivity contribution is 6.29. The molecule has 1 N–H and O–H groups in total. The van der Waals surface area contributed by atoms with Crippen molar-refractivity contribution in [2.24, 2.45) is 34.5 Å². The number of ketones is 2. The van der Waals surface area contributed by atoms with E-state index in [9.17, 15) is 23.9 Å². The highest BCUT2D eigenvalue weighted by atomic mass is 35.5. The number of aliphatic hydroxyl groups is 1. The number of halogens is 2. The molecule has 0 spiro atoms. The largest absolute Gasteiger partial charge is 0.450 e. The van der Waals surface area contributed by atoms with Gasteiger partial charge >= 0.3 is 5.97 Å². The van der Waals surface area contributed by atoms with Crippen molar-refractivity contribution in [2.45, 2.75) is 65.1 Å². The van der Waals surface area contributed by atoms with Crippen LogP contribution in [0.2, 0.25) is 0 Å². The van der Waals surface area contributed by atoms with Crippen LogP contribution in [-0.2, 0) is 19.1 Å². The van der Waals surface area contributed by atoms with E-state index in [-0.39, 0.29) is 41.8 Å². The van der Waals surface area contributed by atoms with E-state index in [1.54, 1.807) is 6.08 Å². The molecule has 8 atom stereocenters. The van der Waals surface area contributed by atoms with Gasteiger partial charge in [-0.05, 0) is 49.2 Å². The summed E-state index contributed by atoms with van der Waals surface area (Å²) in [5.41, 5.74) is -2.46. The van der Waals surface area contributed by atoms with Gasteiger partial charge in [0, 0.05) is 29.6 Å². The lowest BCUT2D eigenvalue weighted by Crippen LogP contribution is -2.64. The fourth-order valence-corrected chi connectivity index (χ4v) is 8.12. The number of carbonyl (C=O) groups excluding carboxylic acids is 3. The molecule has 3 fully saturated rings. The van der Waals surface area contributed by atoms with Gasteiger partial charge in [0.05, 0.1) is 12.0 Å². The van der Waals surface area contributed by atoms with Crippen LogP contribution in [0.1, 0.15) is 53.4 Å². The molecule has 0 aromatic carbocycles. The van der Waals surface area contributed by atoms with Gasteiger partial charge < -0.3 is 9.84 Å². The zero-order valence-electron chi connectivity index (χ0n) is 18.4. The van der Waals surface area contributed by atoms with Crippen LogP contribution in [0.3, 0.4) is 0 Å². The van der Waals surface area contributed by atoms with E-state index < -0.39 is 40.1 Å². The molecule has 0 aromatic heterocycles. The summed E-state index contributed by atoms with van der Waals surface area (Å²) in [5, 5.41) is 11.4. The molecule has 5 nitrogen and oxygen atoms in total. The molecule has 0 amide bonds. The van der Waals surface area contributed by atoms with Crippen molar-refractivity contribution in [2.75, 3.05) is 5.88 Å². The summed E-state index contributed by atoms with van der Waals surface area (Å²) in [6, 6.07) is 0. The normalized spacial score (nSPS) is 46.3. The quantitative estimate of drug-likeness (QED) is 0.518. The lowest BCUT2D eigenvalue weighted by atomic mass is 9.46. The maximum Gasteiger partial charge on any atom is 0.303 e. The predicted octanol–water partition coefficient (Wildman–Crippen LogP) is 3.92. The second-order valence-corrected chi connectivity index (χ2v) is 10.6. The van der Waals surface area contributed by atoms with Gasteiger partial charge in [0.1, 0.15) is 0 Å². The van der Waals surface area contributed by atoms with Gasteiger partial charge in [0.25, 0.3) is 0 Å². The van der Waals surface area contributed by atoms with Gasteiger partial charge in [-0.1, -0.05) is 26.8 Å². The number of hydrogen-bond donors (Lipinski definition) is 1. The van der Waals surface area contributed by atoms with Crippen molar-refractivity contribution in [1.82, 2.24) is 0 Å². The van der Waals surface area contributed by atoms with Gasteiger partial charge in [-0.3, -0.25) is 14.4 Å². The molecule has 0 heterocycles. The molecule has 0 bridgehead atoms. The molecule has 7 heteroatoms. The number of esters is 1. The Labute approximate surface area is 187 Å². The van der Waals surface area contributed by atoms with Crippen LogP contribution < -0.4 is 0 Å². The third-order valence-corrected chi connectivity index (χ3v) is 9.21. The van der Waals surface area contributed by atoms with Crippen molar-refractivity contribution in [1.29, 1.82) is 0 Å². The first-order valence-corrected chi connectivity index (χ1v) is 11.6. The standard InChI is InChI=1S/C24H30ClFO5/c1-12-9-16-14-5-6-15-21(26)17(28)7-8-22(15,3)20(14)18(29)10-23(16,4)24(12,19(30)11-25)31-13(2)27/h7-8,12,14,16,18,20,29H,5-6,9-11H2,1-4H3/t12-,14-,16-,18-,20+,22-,23-,24-/m0/s1. The molecule has 3 saturated carbocycles. The summed E-state index contributed by atoms with van der Waals surface area (Å²) in [4.78, 5) is 37.2. The summed E-state index contributed by atoms with van der Waals surface area (Å²) in [5.74, 6) is -3.00. The molecule has 4 aliphatic rings. The Kier molecular flexibility index (Phi) is 5.29. The number of Topliss-reactive ketones (excluding diaryl/α,β-unsaturated/α-hetero) is 1. The van der Waals surface area contributed by atoms with Crippen molar-refractivity contribution in [3.8, 4) is 0 Å². The van der Waals surface area contributed by atoms with Crippen LogP contribution in [0.15, 0.2) is 23.6 Å². The second kappa shape index (κ2) is 7.24. The number of rotatable bonds is 3. The van der Waals surface area contributed by atoms with Crippen molar-refractivity contribution in [3.63, 3.8) is 0 Å². The maximum absolute atomic E-state index is 14.7. The minimum atomic E-state index is -1.39. The Bertz CT molecular complexity index is 912. The van der Waals surface area contributed by atoms with Crippen molar-refractivity contribution < 1.29 is 28.6 Å². The molecule has 0 aliphatic heterocycles. The Morgan fingerprint density at radius 3 is 2.65 bits per heavy atom. The lowest BCUT2D eigenvalue weighted by Gasteiger charge is -2.59. The minimum absolute atomic E-state index is 0.00355. The fraction of sp³-hybridized carbons (Fsp3) is 0.708. The topological polar surface area (TPSA) is 80.7 Å². The van der Waals surface area contributed by atoms with Crippen LogP contribution in [0.4, 0.5) is 4.39 Å². The Morgan fingerprint density at radius 2 is 2.03 bits per heavy atom. The summed E-state index contributed by atoms with van der Waals surface area (Å²) < 4.78 is 20.6. The average Bonchev–Trinajstić information content (AvgIpc) is 2.91. The fourth-order valence-electron chi connectivity index (χ4n) is 7.92. The molecular weight excluding hydrogens is 423 g/mol. The average molecular weight is 453 g/mol. The summed E-state index contributed by atoms with van der Waals surface area (Å²) >= 11 is 5.99. The van der Waals surface area contributed by atoms with E-state index in [1.807, 2.05) is 20.8 Å². The van der Waals surface area contributed by atoms with E-state index in [0.29, 0.717) is 24.8 Å². The molecular formula is C24H30ClFO5. The molecule has 0 radical (unpaired) electrons. The first-order chi connectivity index (χ1) is 14.4. The third-order valence-electron chi connectivity index (χ3n) is 8.97. The van der Waals surface area contributed by atoms with Crippen LogP contribution in [-0.4, -0.2) is 40.2 Å². The van der Waals surface area contributed by atoms with Crippen LogP contribution in [0.25, 0.3) is 0 Å². The van der Waals surface area contributed by atoms with Gasteiger partial charge in [0.15, 0.2) is 17.2 Å². The first kappa shape index (κ1) is 22.7. The zero-order chi connectivity index (χ0) is 22.9. The molecule has 0 aromatic rings. The number of fused-ring (bicyclic) bond motifs is 5. The number of allylic oxidation sites excluding steroid dienone is 4. The molecule has 0 saturated heterocycles. The van der Waals surface area contributed by atoms with Crippen LogP contribution in [0, 0.1) is 34.5 Å². The van der Waals surface area contributed by atoms with E-state index in [2.05, 4.69) is 0 Å². The monoisotopic (exact) mass is 452 g/mol. The molecule has 4 aliphatic carbocycles. The van der Waals surface area contributed by atoms with E-state index in [4.69, 9.17) is 16.3 Å². The first-order valence-electron chi connectivity index (χ1n) is 11.0. The summed E-state index contributed by atoms with van der Waals surface area (Å²) in [7, 11) is 0. The lowest BCUT2D eigenvalue weighted by molar-refractivity contribution is -0.201. The zero-order valence-corrected chi connectivity index (χ0v) is 19.2. The Morgan fingerprint density at radius 1 is 1.35 bits per heavy atom. The predicted molar refractivity (Wildman–Crippen MR) is 113 cm³/mol. The summed E-state index contributed by atoms with van der Waals surface area (Å²) in [6.45, 7) is 7.03. The van der Waals surface area contributed by atoms with E-state index >= 15 is 0 Å². The summed E-state index contributed by atoms with van der Waals surface area (Å²) in [6.07, 6.45) is 4.11.